The Morgan fingerprint density at radius 1 is 1.00 bits per heavy atom. The van der Waals surface area contributed by atoms with Gasteiger partial charge >= 0.3 is 0 Å². The maximum absolute atomic E-state index is 5.47. The first-order chi connectivity index (χ1) is 5.84. The van der Waals surface area contributed by atoms with Gasteiger partial charge in [0.2, 0.25) is 0 Å². The number of rotatable bonds is 5. The van der Waals surface area contributed by atoms with Crippen molar-refractivity contribution in [3.8, 4) is 0 Å². The van der Waals surface area contributed by atoms with E-state index in [9.17, 15) is 0 Å². The molecule has 0 bridgehead atoms. The van der Waals surface area contributed by atoms with Crippen LogP contribution >= 0.6 is 0 Å². The minimum atomic E-state index is -0.120. The predicted molar refractivity (Wildman–Crippen MR) is 59.2 cm³/mol. The van der Waals surface area contributed by atoms with E-state index in [1.807, 2.05) is 0 Å². The lowest BCUT2D eigenvalue weighted by Gasteiger charge is -2.27. The van der Waals surface area contributed by atoms with Gasteiger partial charge in [-0.1, -0.05) is 47.0 Å². The minimum Gasteiger partial charge on any atom is -0.316 e. The molecule has 0 spiro atoms. The fourth-order valence-electron chi connectivity index (χ4n) is 1.26. The number of nitrogens with two attached hydrogens (primary N) is 2. The average Bonchev–Trinajstić information content (AvgIpc) is 1.95. The van der Waals surface area contributed by atoms with Gasteiger partial charge in [0.25, 0.3) is 0 Å². The second-order valence-electron chi connectivity index (χ2n) is 5.22. The molecule has 13 heavy (non-hydrogen) atoms. The molecular weight excluding hydrogens is 160 g/mol. The predicted octanol–water partition coefficient (Wildman–Crippen LogP) is 2.47. The first-order valence-electron chi connectivity index (χ1n) is 5.35. The number of hydrogen-bond donors (Lipinski definition) is 2. The Kier molecular flexibility index (Phi) is 5.57. The second kappa shape index (κ2) is 5.61. The highest BCUT2D eigenvalue weighted by atomic mass is 14.8. The Balaban J connectivity index is 3.43. The molecule has 0 saturated carbocycles. The Labute approximate surface area is 83.1 Å². The van der Waals surface area contributed by atoms with E-state index in [0.717, 1.165) is 18.8 Å². The van der Waals surface area contributed by atoms with Gasteiger partial charge in [0.1, 0.15) is 0 Å². The van der Waals surface area contributed by atoms with E-state index >= 15 is 0 Å². The molecule has 2 nitrogen and oxygen atoms in total. The highest BCUT2D eigenvalue weighted by Gasteiger charge is 2.18. The fraction of sp³-hybridized carbons (Fsp3) is 1.00. The first-order valence-corrected chi connectivity index (χ1v) is 5.35. The van der Waals surface area contributed by atoms with Gasteiger partial charge in [0.05, 0.1) is 6.17 Å². The van der Waals surface area contributed by atoms with Crippen LogP contribution in [0.2, 0.25) is 0 Å². The normalized spacial score (nSPS) is 15.0. The lowest BCUT2D eigenvalue weighted by atomic mass is 9.79. The molecule has 80 valence electrons. The van der Waals surface area contributed by atoms with Crippen molar-refractivity contribution in [2.45, 2.75) is 59.5 Å². The molecule has 4 N–H and O–H groups in total. The van der Waals surface area contributed by atoms with E-state index in [1.54, 1.807) is 0 Å². The van der Waals surface area contributed by atoms with E-state index in [1.165, 1.54) is 12.8 Å². The Bertz CT molecular complexity index is 125. The molecule has 0 aromatic carbocycles. The molecule has 0 aliphatic carbocycles. The van der Waals surface area contributed by atoms with Crippen LogP contribution in [-0.2, 0) is 0 Å². The zero-order valence-electron chi connectivity index (χ0n) is 9.64. The van der Waals surface area contributed by atoms with Gasteiger partial charge in [-0.05, 0) is 17.8 Å². The summed E-state index contributed by atoms with van der Waals surface area (Å²) in [5, 5.41) is 0. The lowest BCUT2D eigenvalue weighted by Crippen LogP contribution is -2.30. The van der Waals surface area contributed by atoms with Gasteiger partial charge in [-0.25, -0.2) is 0 Å². The smallest absolute Gasteiger partial charge is 0.0520 e. The third-order valence-corrected chi connectivity index (χ3v) is 2.90. The van der Waals surface area contributed by atoms with Crippen LogP contribution in [0.4, 0.5) is 0 Å². The molecule has 1 atom stereocenters. The molecule has 0 heterocycles. The molecule has 0 aliphatic heterocycles. The Morgan fingerprint density at radius 3 is 1.85 bits per heavy atom. The van der Waals surface area contributed by atoms with Crippen molar-refractivity contribution in [1.29, 1.82) is 0 Å². The molecule has 0 aromatic rings. The Morgan fingerprint density at radius 2 is 1.46 bits per heavy atom. The minimum absolute atomic E-state index is 0.120. The number of hydrogen-bond acceptors (Lipinski definition) is 2. The van der Waals surface area contributed by atoms with Crippen LogP contribution in [0.3, 0.4) is 0 Å². The van der Waals surface area contributed by atoms with Gasteiger partial charge in [-0.3, -0.25) is 0 Å². The second-order valence-corrected chi connectivity index (χ2v) is 5.22. The van der Waals surface area contributed by atoms with Crippen molar-refractivity contribution in [2.75, 3.05) is 0 Å². The molecule has 0 saturated heterocycles. The van der Waals surface area contributed by atoms with E-state index in [4.69, 9.17) is 11.5 Å². The molecular formula is C11H26N2. The summed E-state index contributed by atoms with van der Waals surface area (Å²) in [5.41, 5.74) is 11.4. The SMILES string of the molecule is CC(CCCCC(N)N)C(C)(C)C. The van der Waals surface area contributed by atoms with Crippen molar-refractivity contribution in [2.24, 2.45) is 22.8 Å². The van der Waals surface area contributed by atoms with Gasteiger partial charge in [-0.15, -0.1) is 0 Å². The molecule has 1 unspecified atom stereocenters. The van der Waals surface area contributed by atoms with Gasteiger partial charge < -0.3 is 11.5 Å². The van der Waals surface area contributed by atoms with Crippen molar-refractivity contribution < 1.29 is 0 Å². The van der Waals surface area contributed by atoms with Gasteiger partial charge in [0, 0.05) is 0 Å². The zero-order chi connectivity index (χ0) is 10.5. The zero-order valence-corrected chi connectivity index (χ0v) is 9.64. The molecule has 0 fully saturated rings. The lowest BCUT2D eigenvalue weighted by molar-refractivity contribution is 0.240. The van der Waals surface area contributed by atoms with Gasteiger partial charge in [0.15, 0.2) is 0 Å². The summed E-state index contributed by atoms with van der Waals surface area (Å²) in [7, 11) is 0. The van der Waals surface area contributed by atoms with Crippen LogP contribution in [0.5, 0.6) is 0 Å². The highest BCUT2D eigenvalue weighted by molar-refractivity contribution is 4.69. The third kappa shape index (κ3) is 7.03. The summed E-state index contributed by atoms with van der Waals surface area (Å²) in [6.07, 6.45) is 4.54. The first kappa shape index (κ1) is 12.9. The van der Waals surface area contributed by atoms with Crippen LogP contribution in [0.1, 0.15) is 53.4 Å². The summed E-state index contributed by atoms with van der Waals surface area (Å²) >= 11 is 0. The summed E-state index contributed by atoms with van der Waals surface area (Å²) in [4.78, 5) is 0. The molecule has 0 amide bonds. The van der Waals surface area contributed by atoms with E-state index in [-0.39, 0.29) is 6.17 Å². The Hall–Kier alpha value is -0.0800. The molecule has 0 rings (SSSR count). The van der Waals surface area contributed by atoms with E-state index < -0.39 is 0 Å². The topological polar surface area (TPSA) is 52.0 Å². The van der Waals surface area contributed by atoms with Crippen molar-refractivity contribution >= 4 is 0 Å². The summed E-state index contributed by atoms with van der Waals surface area (Å²) < 4.78 is 0. The molecule has 0 aromatic heterocycles. The van der Waals surface area contributed by atoms with Crippen molar-refractivity contribution in [3.63, 3.8) is 0 Å². The maximum Gasteiger partial charge on any atom is 0.0520 e. The maximum atomic E-state index is 5.47. The van der Waals surface area contributed by atoms with Crippen LogP contribution in [0.15, 0.2) is 0 Å². The van der Waals surface area contributed by atoms with Crippen LogP contribution in [-0.4, -0.2) is 6.17 Å². The third-order valence-electron chi connectivity index (χ3n) is 2.90. The fourth-order valence-corrected chi connectivity index (χ4v) is 1.26. The molecule has 2 heteroatoms. The molecule has 0 aliphatic rings. The van der Waals surface area contributed by atoms with E-state index in [0.29, 0.717) is 5.41 Å². The average molecular weight is 186 g/mol. The summed E-state index contributed by atoms with van der Waals surface area (Å²) in [6.45, 7) is 9.22. The van der Waals surface area contributed by atoms with Gasteiger partial charge in [-0.2, -0.15) is 0 Å². The molecule has 0 radical (unpaired) electrons. The van der Waals surface area contributed by atoms with Crippen LogP contribution in [0, 0.1) is 11.3 Å². The van der Waals surface area contributed by atoms with Crippen LogP contribution in [0.25, 0.3) is 0 Å². The highest BCUT2D eigenvalue weighted by Crippen LogP contribution is 2.29. The quantitative estimate of drug-likeness (QED) is 0.512. The van der Waals surface area contributed by atoms with Crippen molar-refractivity contribution in [3.05, 3.63) is 0 Å². The largest absolute Gasteiger partial charge is 0.316 e. The van der Waals surface area contributed by atoms with Crippen LogP contribution < -0.4 is 11.5 Å². The number of unbranched alkanes of at least 4 members (excludes halogenated alkanes) is 1. The summed E-state index contributed by atoms with van der Waals surface area (Å²) in [5.74, 6) is 0.779. The monoisotopic (exact) mass is 186 g/mol. The van der Waals surface area contributed by atoms with Crippen molar-refractivity contribution in [1.82, 2.24) is 0 Å². The van der Waals surface area contributed by atoms with E-state index in [2.05, 4.69) is 27.7 Å². The summed E-state index contributed by atoms with van der Waals surface area (Å²) in [6, 6.07) is 0. The standard InChI is InChI=1S/C11H26N2/c1-9(11(2,3)4)7-5-6-8-10(12)13/h9-10H,5-8,12-13H2,1-4H3.